The molecule has 0 aliphatic carbocycles. The number of aromatic amines is 1. The Kier molecular flexibility index (Phi) is 8.88. The van der Waals surface area contributed by atoms with E-state index in [2.05, 4.69) is 66.4 Å². The number of piperazine rings is 1. The number of benzene rings is 1. The van der Waals surface area contributed by atoms with Crippen molar-refractivity contribution in [2.45, 2.75) is 38.6 Å². The zero-order chi connectivity index (χ0) is 28.9. The van der Waals surface area contributed by atoms with Crippen LogP contribution in [0.25, 0.3) is 22.0 Å². The lowest BCUT2D eigenvalue weighted by Gasteiger charge is -2.32. The highest BCUT2D eigenvalue weighted by Crippen LogP contribution is 2.27. The van der Waals surface area contributed by atoms with Gasteiger partial charge in [-0.05, 0) is 100 Å². The van der Waals surface area contributed by atoms with Crippen LogP contribution in [0.5, 0.6) is 0 Å². The minimum absolute atomic E-state index is 0.252. The lowest BCUT2D eigenvalue weighted by molar-refractivity contribution is 0.102. The van der Waals surface area contributed by atoms with Crippen LogP contribution in [0.4, 0.5) is 5.69 Å². The zero-order valence-electron chi connectivity index (χ0n) is 24.9. The normalized spacial score (nSPS) is 19.4. The average Bonchev–Trinajstić information content (AvgIpc) is 3.43. The van der Waals surface area contributed by atoms with Crippen LogP contribution in [0.15, 0.2) is 55.0 Å². The van der Waals surface area contributed by atoms with Gasteiger partial charge in [-0.1, -0.05) is 12.5 Å². The Morgan fingerprint density at radius 1 is 0.905 bits per heavy atom. The Balaban J connectivity index is 1.12. The third-order valence-corrected chi connectivity index (χ3v) is 8.81. The maximum Gasteiger partial charge on any atom is 0.276 e. The fraction of sp³-hybridized carbons (Fsp3) is 0.455. The predicted molar refractivity (Wildman–Crippen MR) is 167 cm³/mol. The van der Waals surface area contributed by atoms with E-state index >= 15 is 0 Å². The second kappa shape index (κ2) is 13.1. The number of anilines is 1. The van der Waals surface area contributed by atoms with E-state index in [1.54, 1.807) is 6.20 Å². The lowest BCUT2D eigenvalue weighted by atomic mass is 9.91. The van der Waals surface area contributed by atoms with Gasteiger partial charge in [-0.3, -0.25) is 24.8 Å². The number of H-pyrrole nitrogens is 1. The van der Waals surface area contributed by atoms with Crippen molar-refractivity contribution < 1.29 is 4.79 Å². The van der Waals surface area contributed by atoms with E-state index in [-0.39, 0.29) is 5.91 Å². The van der Waals surface area contributed by atoms with Crippen LogP contribution >= 0.6 is 0 Å². The van der Waals surface area contributed by atoms with Crippen LogP contribution in [-0.4, -0.2) is 94.1 Å². The number of hydrogen-bond donors (Lipinski definition) is 2. The molecule has 1 unspecified atom stereocenters. The summed E-state index contributed by atoms with van der Waals surface area (Å²) in [7, 11) is 4.39. The number of carbonyl (C=O) groups excluding carboxylic acids is 1. The zero-order valence-corrected chi connectivity index (χ0v) is 24.9. The molecule has 2 saturated heterocycles. The minimum atomic E-state index is -0.252. The third-order valence-electron chi connectivity index (χ3n) is 8.81. The van der Waals surface area contributed by atoms with Crippen molar-refractivity contribution in [3.8, 4) is 11.1 Å². The molecule has 2 fully saturated rings. The van der Waals surface area contributed by atoms with Gasteiger partial charge >= 0.3 is 0 Å². The Labute approximate surface area is 248 Å². The van der Waals surface area contributed by atoms with Gasteiger partial charge in [0.05, 0.1) is 17.4 Å². The van der Waals surface area contributed by atoms with Crippen molar-refractivity contribution >= 4 is 22.5 Å². The molecule has 1 aromatic carbocycles. The highest BCUT2D eigenvalue weighted by atomic mass is 16.1. The fourth-order valence-electron chi connectivity index (χ4n) is 6.15. The van der Waals surface area contributed by atoms with E-state index in [1.807, 2.05) is 36.7 Å². The summed E-state index contributed by atoms with van der Waals surface area (Å²) in [6, 6.07) is 12.3. The number of hydrogen-bond acceptors (Lipinski definition) is 7. The number of likely N-dealkylation sites (N-methyl/N-ethyl adjacent to an activating group) is 1. The number of nitrogens with one attached hydrogen (secondary N) is 2. The molecular weight excluding hydrogens is 524 g/mol. The number of amides is 1. The molecule has 2 N–H and O–H groups in total. The molecule has 2 aliphatic rings. The molecule has 220 valence electrons. The van der Waals surface area contributed by atoms with Crippen LogP contribution in [0.2, 0.25) is 0 Å². The van der Waals surface area contributed by atoms with Gasteiger partial charge in [-0.15, -0.1) is 0 Å². The molecule has 2 aliphatic heterocycles. The molecule has 42 heavy (non-hydrogen) atoms. The molecule has 0 bridgehead atoms. The number of likely N-dealkylation sites (tertiary alicyclic amines) is 1. The Hall–Kier alpha value is -3.66. The molecule has 0 saturated carbocycles. The van der Waals surface area contributed by atoms with Crippen LogP contribution in [0, 0.1) is 5.92 Å². The Morgan fingerprint density at radius 2 is 1.76 bits per heavy atom. The summed E-state index contributed by atoms with van der Waals surface area (Å²) in [6.07, 6.45) is 11.6. The number of aromatic nitrogens is 4. The van der Waals surface area contributed by atoms with Gasteiger partial charge < -0.3 is 15.1 Å². The topological polar surface area (TPSA) is 93.3 Å². The highest BCUT2D eigenvalue weighted by Gasteiger charge is 2.18. The summed E-state index contributed by atoms with van der Waals surface area (Å²) in [4.78, 5) is 29.8. The quantitative estimate of drug-likeness (QED) is 0.335. The highest BCUT2D eigenvalue weighted by molar-refractivity contribution is 6.11. The van der Waals surface area contributed by atoms with E-state index < -0.39 is 0 Å². The molecule has 9 nitrogen and oxygen atoms in total. The van der Waals surface area contributed by atoms with Crippen molar-refractivity contribution in [3.05, 3.63) is 71.9 Å². The van der Waals surface area contributed by atoms with Gasteiger partial charge in [0.25, 0.3) is 5.91 Å². The second-order valence-corrected chi connectivity index (χ2v) is 12.1. The second-order valence-electron chi connectivity index (χ2n) is 12.1. The molecular formula is C33H42N8O. The first-order valence-corrected chi connectivity index (χ1v) is 15.3. The molecule has 6 rings (SSSR count). The Bertz CT molecular complexity index is 1490. The van der Waals surface area contributed by atoms with E-state index in [4.69, 9.17) is 0 Å². The molecule has 1 amide bonds. The van der Waals surface area contributed by atoms with Crippen LogP contribution in [0.1, 0.15) is 47.4 Å². The first-order valence-electron chi connectivity index (χ1n) is 15.3. The van der Waals surface area contributed by atoms with Crippen LogP contribution in [0.3, 0.4) is 0 Å². The maximum absolute atomic E-state index is 13.3. The summed E-state index contributed by atoms with van der Waals surface area (Å²) < 4.78 is 0. The standard InChI is InChI=1S/C33H42N8O/c1-39-11-4-3-5-24(10-12-39)18-28-7-8-29(22-35-28)36-33(42)32-30-19-26(6-9-31(30)37-38-32)27-17-25(20-34-21-27)23-41-15-13-40(2)14-16-41/h6-9,17,19-22,24H,3-5,10-16,18,23H2,1-2H3,(H,36,42)(H,37,38). The third kappa shape index (κ3) is 7.03. The summed E-state index contributed by atoms with van der Waals surface area (Å²) >= 11 is 0. The number of rotatable bonds is 7. The molecule has 4 aromatic rings. The van der Waals surface area contributed by atoms with Gasteiger partial charge in [0, 0.05) is 61.8 Å². The Morgan fingerprint density at radius 3 is 2.60 bits per heavy atom. The summed E-state index contributed by atoms with van der Waals surface area (Å²) in [5.41, 5.74) is 6.19. The van der Waals surface area contributed by atoms with E-state index in [0.29, 0.717) is 17.3 Å². The van der Waals surface area contributed by atoms with Gasteiger partial charge in [-0.25, -0.2) is 0 Å². The molecule has 0 spiro atoms. The van der Waals surface area contributed by atoms with E-state index in [9.17, 15) is 4.79 Å². The van der Waals surface area contributed by atoms with Crippen molar-refractivity contribution in [1.82, 2.24) is 34.9 Å². The molecule has 1 atom stereocenters. The average molecular weight is 567 g/mol. The molecule has 5 heterocycles. The van der Waals surface area contributed by atoms with Crippen molar-refractivity contribution in [2.75, 3.05) is 58.7 Å². The SMILES string of the molecule is CN1CCCCC(Cc2ccc(NC(=O)c3n[nH]c4ccc(-c5cncc(CN6CCN(C)CC6)c5)cc34)cn2)CC1. The van der Waals surface area contributed by atoms with Crippen LogP contribution < -0.4 is 5.32 Å². The van der Waals surface area contributed by atoms with Gasteiger partial charge in [0.1, 0.15) is 0 Å². The van der Waals surface area contributed by atoms with Gasteiger partial charge in [-0.2, -0.15) is 5.10 Å². The van der Waals surface area contributed by atoms with E-state index in [0.717, 1.165) is 73.4 Å². The number of nitrogens with zero attached hydrogens (tertiary/aromatic N) is 6. The van der Waals surface area contributed by atoms with Crippen molar-refractivity contribution in [1.29, 1.82) is 0 Å². The van der Waals surface area contributed by atoms with Crippen molar-refractivity contribution in [2.24, 2.45) is 5.92 Å². The summed E-state index contributed by atoms with van der Waals surface area (Å²) in [5, 5.41) is 11.2. The molecule has 3 aromatic heterocycles. The maximum atomic E-state index is 13.3. The summed E-state index contributed by atoms with van der Waals surface area (Å²) in [5.74, 6) is 0.408. The van der Waals surface area contributed by atoms with Gasteiger partial charge in [0.2, 0.25) is 0 Å². The minimum Gasteiger partial charge on any atom is -0.319 e. The summed E-state index contributed by atoms with van der Waals surface area (Å²) in [6.45, 7) is 7.56. The fourth-order valence-corrected chi connectivity index (χ4v) is 6.15. The van der Waals surface area contributed by atoms with Crippen molar-refractivity contribution in [3.63, 3.8) is 0 Å². The van der Waals surface area contributed by atoms with Crippen LogP contribution in [-0.2, 0) is 13.0 Å². The number of fused-ring (bicyclic) bond motifs is 1. The largest absolute Gasteiger partial charge is 0.319 e. The molecule has 0 radical (unpaired) electrons. The first-order chi connectivity index (χ1) is 20.5. The van der Waals surface area contributed by atoms with E-state index in [1.165, 1.54) is 37.8 Å². The first kappa shape index (κ1) is 28.5. The predicted octanol–water partition coefficient (Wildman–Crippen LogP) is 4.68. The monoisotopic (exact) mass is 566 g/mol. The van der Waals surface area contributed by atoms with Gasteiger partial charge in [0.15, 0.2) is 5.69 Å². The number of carbonyl (C=O) groups is 1. The number of pyridine rings is 2. The smallest absolute Gasteiger partial charge is 0.276 e. The lowest BCUT2D eigenvalue weighted by Crippen LogP contribution is -2.43. The molecule has 9 heteroatoms.